The molecule has 1 amide bonds. The number of aryl methyl sites for hydroxylation is 1. The van der Waals surface area contributed by atoms with E-state index in [9.17, 15) is 4.79 Å². The molecule has 5 nitrogen and oxygen atoms in total. The van der Waals surface area contributed by atoms with Crippen molar-refractivity contribution < 1.29 is 9.53 Å². The second kappa shape index (κ2) is 6.44. The number of nitrogens with zero attached hydrogens (tertiary/aromatic N) is 3. The number of amides is 1. The van der Waals surface area contributed by atoms with E-state index in [0.717, 1.165) is 22.5 Å². The first kappa shape index (κ1) is 17.1. The van der Waals surface area contributed by atoms with Gasteiger partial charge in [0.2, 0.25) is 0 Å². The van der Waals surface area contributed by atoms with E-state index in [4.69, 9.17) is 4.74 Å². The van der Waals surface area contributed by atoms with Gasteiger partial charge in [0.1, 0.15) is 11.4 Å². The number of halogens is 1. The Hall–Kier alpha value is -1.30. The lowest BCUT2D eigenvalue weighted by Crippen LogP contribution is -2.54. The first-order valence-electron chi connectivity index (χ1n) is 7.55. The molecule has 0 spiro atoms. The van der Waals surface area contributed by atoms with Gasteiger partial charge in [-0.2, -0.15) is 0 Å². The van der Waals surface area contributed by atoms with Gasteiger partial charge in [-0.05, 0) is 62.7 Å². The molecule has 122 valence electrons. The average Bonchev–Trinajstić information content (AvgIpc) is 2.40. The molecule has 22 heavy (non-hydrogen) atoms. The number of rotatable bonds is 1. The van der Waals surface area contributed by atoms with E-state index in [0.29, 0.717) is 13.1 Å². The Bertz CT molecular complexity index is 557. The number of pyridine rings is 1. The molecule has 6 heteroatoms. The van der Waals surface area contributed by atoms with Crippen molar-refractivity contribution in [2.24, 2.45) is 0 Å². The molecule has 1 fully saturated rings. The Kier molecular flexibility index (Phi) is 5.00. The van der Waals surface area contributed by atoms with Gasteiger partial charge in [0, 0.05) is 30.1 Å². The second-order valence-electron chi connectivity index (χ2n) is 6.71. The number of hydrogen-bond acceptors (Lipinski definition) is 4. The number of ether oxygens (including phenoxy) is 1. The van der Waals surface area contributed by atoms with Crippen molar-refractivity contribution in [3.8, 4) is 0 Å². The lowest BCUT2D eigenvalue weighted by atomic mass is 10.2. The molecule has 1 atom stereocenters. The van der Waals surface area contributed by atoms with Gasteiger partial charge in [-0.25, -0.2) is 9.78 Å². The fourth-order valence-electron chi connectivity index (χ4n) is 2.48. The SMILES string of the molecule is Cc1nc(N2CCN(C(=O)OC(C)(C)C)CC2C)ccc1Br. The summed E-state index contributed by atoms with van der Waals surface area (Å²) < 4.78 is 6.46. The molecule has 1 aromatic heterocycles. The summed E-state index contributed by atoms with van der Waals surface area (Å²) in [6.07, 6.45) is -0.237. The van der Waals surface area contributed by atoms with Crippen molar-refractivity contribution in [3.05, 3.63) is 22.3 Å². The van der Waals surface area contributed by atoms with Crippen LogP contribution in [0.2, 0.25) is 0 Å². The average molecular weight is 370 g/mol. The highest BCUT2D eigenvalue weighted by Gasteiger charge is 2.30. The van der Waals surface area contributed by atoms with E-state index in [-0.39, 0.29) is 12.1 Å². The van der Waals surface area contributed by atoms with E-state index in [2.05, 4.69) is 32.7 Å². The molecule has 0 saturated carbocycles. The van der Waals surface area contributed by atoms with Gasteiger partial charge in [-0.3, -0.25) is 0 Å². The van der Waals surface area contributed by atoms with Crippen molar-refractivity contribution in [2.45, 2.75) is 46.3 Å². The Morgan fingerprint density at radius 2 is 2.05 bits per heavy atom. The van der Waals surface area contributed by atoms with Gasteiger partial charge in [-0.15, -0.1) is 0 Å². The molecule has 0 aromatic carbocycles. The van der Waals surface area contributed by atoms with Gasteiger partial charge in [-0.1, -0.05) is 0 Å². The third kappa shape index (κ3) is 4.12. The van der Waals surface area contributed by atoms with Crippen LogP contribution in [0.1, 0.15) is 33.4 Å². The summed E-state index contributed by atoms with van der Waals surface area (Å²) in [5, 5.41) is 0. The van der Waals surface area contributed by atoms with Crippen LogP contribution >= 0.6 is 15.9 Å². The first-order valence-corrected chi connectivity index (χ1v) is 8.34. The third-order valence-corrected chi connectivity index (χ3v) is 4.42. The standard InChI is InChI=1S/C16H24BrN3O2/c1-11-10-19(15(21)22-16(3,4)5)8-9-20(11)14-7-6-13(17)12(2)18-14/h6-7,11H,8-10H2,1-5H3. The Labute approximate surface area is 140 Å². The highest BCUT2D eigenvalue weighted by atomic mass is 79.9. The summed E-state index contributed by atoms with van der Waals surface area (Å²) in [4.78, 5) is 20.8. The highest BCUT2D eigenvalue weighted by molar-refractivity contribution is 9.10. The Morgan fingerprint density at radius 1 is 1.36 bits per heavy atom. The number of anilines is 1. The van der Waals surface area contributed by atoms with Crippen LogP contribution in [0.25, 0.3) is 0 Å². The molecule has 1 unspecified atom stereocenters. The van der Waals surface area contributed by atoms with E-state index in [1.165, 1.54) is 0 Å². The largest absolute Gasteiger partial charge is 0.444 e. The quantitative estimate of drug-likeness (QED) is 0.758. The van der Waals surface area contributed by atoms with Crippen LogP contribution in [0.15, 0.2) is 16.6 Å². The lowest BCUT2D eigenvalue weighted by molar-refractivity contribution is 0.0218. The molecule has 0 N–H and O–H groups in total. The van der Waals surface area contributed by atoms with Crippen molar-refractivity contribution in [1.29, 1.82) is 0 Å². The maximum absolute atomic E-state index is 12.2. The van der Waals surface area contributed by atoms with E-state index < -0.39 is 5.60 Å². The number of hydrogen-bond donors (Lipinski definition) is 0. The third-order valence-electron chi connectivity index (χ3n) is 3.58. The minimum atomic E-state index is -0.457. The van der Waals surface area contributed by atoms with Crippen LogP contribution in [0.4, 0.5) is 10.6 Å². The fourth-order valence-corrected chi connectivity index (χ4v) is 2.70. The molecule has 1 aliphatic rings. The van der Waals surface area contributed by atoms with Gasteiger partial charge >= 0.3 is 6.09 Å². The van der Waals surface area contributed by atoms with Gasteiger partial charge in [0.15, 0.2) is 0 Å². The van der Waals surface area contributed by atoms with Crippen LogP contribution in [-0.4, -0.2) is 47.3 Å². The number of carbonyl (C=O) groups is 1. The molecule has 2 rings (SSSR count). The molecule has 0 radical (unpaired) electrons. The topological polar surface area (TPSA) is 45.7 Å². The predicted molar refractivity (Wildman–Crippen MR) is 91.3 cm³/mol. The predicted octanol–water partition coefficient (Wildman–Crippen LogP) is 3.60. The van der Waals surface area contributed by atoms with Crippen molar-refractivity contribution >= 4 is 27.8 Å². The fraction of sp³-hybridized carbons (Fsp3) is 0.625. The zero-order chi connectivity index (χ0) is 16.5. The number of carbonyl (C=O) groups excluding carboxylic acids is 1. The summed E-state index contributed by atoms with van der Waals surface area (Å²) in [5.74, 6) is 0.956. The van der Waals surface area contributed by atoms with E-state index >= 15 is 0 Å². The maximum Gasteiger partial charge on any atom is 0.410 e. The molecule has 0 bridgehead atoms. The normalized spacial score (nSPS) is 19.3. The second-order valence-corrected chi connectivity index (χ2v) is 7.56. The van der Waals surface area contributed by atoms with Crippen LogP contribution in [0.3, 0.4) is 0 Å². The monoisotopic (exact) mass is 369 g/mol. The molecule has 0 aliphatic carbocycles. The lowest BCUT2D eigenvalue weighted by Gasteiger charge is -2.40. The smallest absolute Gasteiger partial charge is 0.410 e. The van der Waals surface area contributed by atoms with Gasteiger partial charge < -0.3 is 14.5 Å². The maximum atomic E-state index is 12.2. The van der Waals surface area contributed by atoms with Crippen LogP contribution < -0.4 is 4.90 Å². The molecule has 2 heterocycles. The van der Waals surface area contributed by atoms with E-state index in [1.54, 1.807) is 4.90 Å². The minimum absolute atomic E-state index is 0.203. The zero-order valence-corrected chi connectivity index (χ0v) is 15.5. The minimum Gasteiger partial charge on any atom is -0.444 e. The molecular weight excluding hydrogens is 346 g/mol. The van der Waals surface area contributed by atoms with Crippen molar-refractivity contribution in [2.75, 3.05) is 24.5 Å². The van der Waals surface area contributed by atoms with Crippen LogP contribution in [-0.2, 0) is 4.74 Å². The van der Waals surface area contributed by atoms with Crippen LogP contribution in [0, 0.1) is 6.92 Å². The van der Waals surface area contributed by atoms with Gasteiger partial charge in [0.05, 0.1) is 5.69 Å². The van der Waals surface area contributed by atoms with Crippen molar-refractivity contribution in [1.82, 2.24) is 9.88 Å². The highest BCUT2D eigenvalue weighted by Crippen LogP contribution is 2.23. The summed E-state index contributed by atoms with van der Waals surface area (Å²) in [7, 11) is 0. The first-order chi connectivity index (χ1) is 10.2. The van der Waals surface area contributed by atoms with Crippen molar-refractivity contribution in [3.63, 3.8) is 0 Å². The summed E-state index contributed by atoms with van der Waals surface area (Å²) >= 11 is 3.47. The summed E-state index contributed by atoms with van der Waals surface area (Å²) in [5.41, 5.74) is 0.515. The molecular formula is C16H24BrN3O2. The Balaban J connectivity index is 2.03. The van der Waals surface area contributed by atoms with Crippen LogP contribution in [0.5, 0.6) is 0 Å². The molecule has 1 aliphatic heterocycles. The number of aromatic nitrogens is 1. The summed E-state index contributed by atoms with van der Waals surface area (Å²) in [6, 6.07) is 4.23. The molecule has 1 saturated heterocycles. The zero-order valence-electron chi connectivity index (χ0n) is 13.9. The Morgan fingerprint density at radius 3 is 2.59 bits per heavy atom. The summed E-state index contributed by atoms with van der Waals surface area (Å²) in [6.45, 7) is 11.8. The molecule has 1 aromatic rings. The van der Waals surface area contributed by atoms with Gasteiger partial charge in [0.25, 0.3) is 0 Å². The number of piperazine rings is 1. The van der Waals surface area contributed by atoms with E-state index in [1.807, 2.05) is 39.8 Å².